The van der Waals surface area contributed by atoms with Crippen LogP contribution in [-0.4, -0.2) is 4.98 Å². The van der Waals surface area contributed by atoms with Gasteiger partial charge in [-0.1, -0.05) is 18.5 Å². The Hall–Kier alpha value is -0.950. The highest BCUT2D eigenvalue weighted by Gasteiger charge is 2.00. The van der Waals surface area contributed by atoms with Crippen molar-refractivity contribution < 1.29 is 0 Å². The van der Waals surface area contributed by atoms with Crippen LogP contribution in [0.5, 0.6) is 0 Å². The van der Waals surface area contributed by atoms with Crippen LogP contribution in [0.25, 0.3) is 10.9 Å². The molecule has 0 unspecified atom stereocenters. The van der Waals surface area contributed by atoms with Gasteiger partial charge in [-0.3, -0.25) is 0 Å². The molecule has 0 aliphatic heterocycles. The summed E-state index contributed by atoms with van der Waals surface area (Å²) in [6.07, 6.45) is 2.92. The topological polar surface area (TPSA) is 15.8 Å². The van der Waals surface area contributed by atoms with Crippen molar-refractivity contribution in [1.29, 1.82) is 0 Å². The molecular formula is C10H10ClN. The van der Waals surface area contributed by atoms with E-state index in [9.17, 15) is 0 Å². The van der Waals surface area contributed by atoms with Gasteiger partial charge < -0.3 is 4.98 Å². The van der Waals surface area contributed by atoms with Crippen molar-refractivity contribution >= 4 is 22.5 Å². The molecule has 1 aromatic heterocycles. The predicted molar refractivity (Wildman–Crippen MR) is 52.7 cm³/mol. The third-order valence-electron chi connectivity index (χ3n) is 2.10. The number of hydrogen-bond donors (Lipinski definition) is 1. The molecule has 2 heteroatoms. The van der Waals surface area contributed by atoms with E-state index in [-0.39, 0.29) is 0 Å². The average Bonchev–Trinajstić information content (AvgIpc) is 2.49. The van der Waals surface area contributed by atoms with E-state index in [1.807, 2.05) is 12.3 Å². The van der Waals surface area contributed by atoms with Gasteiger partial charge in [0.05, 0.1) is 0 Å². The summed E-state index contributed by atoms with van der Waals surface area (Å²) in [5.74, 6) is 0. The maximum Gasteiger partial charge on any atom is 0.0469 e. The lowest BCUT2D eigenvalue weighted by atomic mass is 10.1. The fraction of sp³-hybridized carbons (Fsp3) is 0.200. The first-order valence-corrected chi connectivity index (χ1v) is 4.44. The van der Waals surface area contributed by atoms with Crippen LogP contribution in [0.15, 0.2) is 24.4 Å². The second-order valence-electron chi connectivity index (χ2n) is 2.86. The molecule has 1 N–H and O–H groups in total. The summed E-state index contributed by atoms with van der Waals surface area (Å²) in [7, 11) is 0. The summed E-state index contributed by atoms with van der Waals surface area (Å²) in [4.78, 5) is 3.13. The van der Waals surface area contributed by atoms with Gasteiger partial charge in [0.2, 0.25) is 0 Å². The van der Waals surface area contributed by atoms with Gasteiger partial charge in [-0.15, -0.1) is 0 Å². The second-order valence-corrected chi connectivity index (χ2v) is 3.27. The summed E-state index contributed by atoms with van der Waals surface area (Å²) in [6, 6.07) is 6.18. The number of aryl methyl sites for hydroxylation is 1. The fourth-order valence-corrected chi connectivity index (χ4v) is 1.69. The van der Waals surface area contributed by atoms with E-state index in [0.717, 1.165) is 17.0 Å². The van der Waals surface area contributed by atoms with E-state index in [2.05, 4.69) is 24.0 Å². The summed E-state index contributed by atoms with van der Waals surface area (Å²) in [6.45, 7) is 2.11. The molecule has 0 bridgehead atoms. The lowest BCUT2D eigenvalue weighted by Crippen LogP contribution is -1.81. The molecule has 0 saturated heterocycles. The van der Waals surface area contributed by atoms with Crippen LogP contribution in [0.1, 0.15) is 12.5 Å². The number of aromatic amines is 1. The van der Waals surface area contributed by atoms with Gasteiger partial charge in [0.15, 0.2) is 0 Å². The van der Waals surface area contributed by atoms with Gasteiger partial charge in [-0.05, 0) is 35.6 Å². The zero-order valence-electron chi connectivity index (χ0n) is 6.89. The Morgan fingerprint density at radius 3 is 3.00 bits per heavy atom. The first-order valence-electron chi connectivity index (χ1n) is 4.07. The summed E-state index contributed by atoms with van der Waals surface area (Å²) < 4.78 is 0. The molecule has 0 amide bonds. The number of H-pyrrole nitrogens is 1. The van der Waals surface area contributed by atoms with Crippen molar-refractivity contribution in [2.75, 3.05) is 0 Å². The van der Waals surface area contributed by atoms with Crippen molar-refractivity contribution in [3.05, 3.63) is 35.0 Å². The summed E-state index contributed by atoms with van der Waals surface area (Å²) >= 11 is 6.04. The SMILES string of the molecule is CCc1cc2cc[nH]c2cc1Cl. The molecule has 0 radical (unpaired) electrons. The first kappa shape index (κ1) is 7.69. The number of benzene rings is 1. The van der Waals surface area contributed by atoms with E-state index in [0.29, 0.717) is 0 Å². The largest absolute Gasteiger partial charge is 0.361 e. The van der Waals surface area contributed by atoms with E-state index < -0.39 is 0 Å². The Morgan fingerprint density at radius 2 is 2.25 bits per heavy atom. The van der Waals surface area contributed by atoms with E-state index in [1.54, 1.807) is 0 Å². The highest BCUT2D eigenvalue weighted by atomic mass is 35.5. The molecule has 0 saturated carbocycles. The van der Waals surface area contributed by atoms with E-state index in [1.165, 1.54) is 10.9 Å². The molecule has 2 aromatic rings. The Kier molecular flexibility index (Phi) is 1.81. The highest BCUT2D eigenvalue weighted by molar-refractivity contribution is 6.32. The molecule has 0 aliphatic rings. The monoisotopic (exact) mass is 179 g/mol. The number of halogens is 1. The number of hydrogen-bond acceptors (Lipinski definition) is 0. The predicted octanol–water partition coefficient (Wildman–Crippen LogP) is 3.38. The average molecular weight is 180 g/mol. The van der Waals surface area contributed by atoms with Gasteiger partial charge in [-0.25, -0.2) is 0 Å². The lowest BCUT2D eigenvalue weighted by molar-refractivity contribution is 1.15. The minimum Gasteiger partial charge on any atom is -0.361 e. The molecule has 1 aromatic carbocycles. The maximum atomic E-state index is 6.04. The highest BCUT2D eigenvalue weighted by Crippen LogP contribution is 2.23. The van der Waals surface area contributed by atoms with Crippen molar-refractivity contribution in [3.8, 4) is 0 Å². The van der Waals surface area contributed by atoms with Gasteiger partial charge in [-0.2, -0.15) is 0 Å². The van der Waals surface area contributed by atoms with Crippen LogP contribution in [-0.2, 0) is 6.42 Å². The Labute approximate surface area is 76.4 Å². The number of nitrogens with one attached hydrogen (secondary N) is 1. The van der Waals surface area contributed by atoms with Crippen molar-refractivity contribution in [1.82, 2.24) is 4.98 Å². The molecular weight excluding hydrogens is 170 g/mol. The van der Waals surface area contributed by atoms with Gasteiger partial charge in [0.25, 0.3) is 0 Å². The molecule has 0 spiro atoms. The smallest absolute Gasteiger partial charge is 0.0469 e. The molecule has 0 atom stereocenters. The van der Waals surface area contributed by atoms with Gasteiger partial charge in [0.1, 0.15) is 0 Å². The van der Waals surface area contributed by atoms with Crippen LogP contribution in [0.4, 0.5) is 0 Å². The molecule has 62 valence electrons. The number of aromatic nitrogens is 1. The van der Waals surface area contributed by atoms with Crippen molar-refractivity contribution in [3.63, 3.8) is 0 Å². The minimum atomic E-state index is 0.854. The van der Waals surface area contributed by atoms with E-state index in [4.69, 9.17) is 11.6 Å². The van der Waals surface area contributed by atoms with Crippen LogP contribution in [0.3, 0.4) is 0 Å². The minimum absolute atomic E-state index is 0.854. The molecule has 0 aliphatic carbocycles. The molecule has 1 nitrogen and oxygen atoms in total. The fourth-order valence-electron chi connectivity index (χ4n) is 1.39. The Balaban J connectivity index is 2.73. The Morgan fingerprint density at radius 1 is 1.42 bits per heavy atom. The number of fused-ring (bicyclic) bond motifs is 1. The summed E-state index contributed by atoms with van der Waals surface area (Å²) in [5.41, 5.74) is 2.32. The maximum absolute atomic E-state index is 6.04. The third kappa shape index (κ3) is 1.10. The quantitative estimate of drug-likeness (QED) is 0.691. The Bertz CT molecular complexity index is 403. The second kappa shape index (κ2) is 2.83. The van der Waals surface area contributed by atoms with Crippen LogP contribution in [0, 0.1) is 0 Å². The van der Waals surface area contributed by atoms with Gasteiger partial charge in [0, 0.05) is 16.7 Å². The molecule has 0 fully saturated rings. The summed E-state index contributed by atoms with van der Waals surface area (Å²) in [5, 5.41) is 2.09. The normalized spacial score (nSPS) is 10.8. The van der Waals surface area contributed by atoms with Crippen LogP contribution < -0.4 is 0 Å². The first-order chi connectivity index (χ1) is 5.81. The van der Waals surface area contributed by atoms with Crippen LogP contribution >= 0.6 is 11.6 Å². The molecule has 2 rings (SSSR count). The lowest BCUT2D eigenvalue weighted by Gasteiger charge is -2.00. The van der Waals surface area contributed by atoms with Crippen molar-refractivity contribution in [2.45, 2.75) is 13.3 Å². The third-order valence-corrected chi connectivity index (χ3v) is 2.45. The van der Waals surface area contributed by atoms with E-state index >= 15 is 0 Å². The standard InChI is InChI=1S/C10H10ClN/c1-2-7-5-8-3-4-12-10(8)6-9(7)11/h3-6,12H,2H2,1H3. The van der Waals surface area contributed by atoms with Crippen molar-refractivity contribution in [2.24, 2.45) is 0 Å². The zero-order valence-corrected chi connectivity index (χ0v) is 7.65. The van der Waals surface area contributed by atoms with Crippen LogP contribution in [0.2, 0.25) is 5.02 Å². The molecule has 1 heterocycles. The molecule has 12 heavy (non-hydrogen) atoms. The van der Waals surface area contributed by atoms with Gasteiger partial charge >= 0.3 is 0 Å². The zero-order chi connectivity index (χ0) is 8.55. The number of rotatable bonds is 1.